The van der Waals surface area contributed by atoms with Crippen molar-refractivity contribution in [2.75, 3.05) is 20.2 Å². The zero-order chi connectivity index (χ0) is 14.7. The summed E-state index contributed by atoms with van der Waals surface area (Å²) < 4.78 is 18.1. The number of carbonyl (C=O) groups is 3. The molecule has 1 saturated heterocycles. The number of esters is 1. The van der Waals surface area contributed by atoms with Gasteiger partial charge >= 0.3 is 5.97 Å². The highest BCUT2D eigenvalue weighted by Crippen LogP contribution is 2.18. The molecule has 0 aromatic heterocycles. The quantitative estimate of drug-likeness (QED) is 0.599. The molecule has 1 aliphatic rings. The van der Waals surface area contributed by atoms with E-state index in [2.05, 4.69) is 4.74 Å². The van der Waals surface area contributed by atoms with E-state index in [1.165, 1.54) is 30.2 Å². The maximum atomic E-state index is 13.6. The van der Waals surface area contributed by atoms with E-state index in [-0.39, 0.29) is 30.9 Å². The fourth-order valence-corrected chi connectivity index (χ4v) is 2.17. The van der Waals surface area contributed by atoms with Gasteiger partial charge in [-0.1, -0.05) is 12.1 Å². The normalized spacial score (nSPS) is 18.8. The molecule has 1 atom stereocenters. The first-order chi connectivity index (χ1) is 9.54. The number of nitrogens with zero attached hydrogens (tertiary/aromatic N) is 1. The van der Waals surface area contributed by atoms with Crippen molar-refractivity contribution in [1.82, 2.24) is 4.90 Å². The van der Waals surface area contributed by atoms with Crippen molar-refractivity contribution in [3.8, 4) is 0 Å². The molecule has 0 bridgehead atoms. The molecule has 0 saturated carbocycles. The summed E-state index contributed by atoms with van der Waals surface area (Å²) in [5.74, 6) is -3.05. The number of ketones is 1. The molecule has 6 heteroatoms. The minimum atomic E-state index is -0.982. The summed E-state index contributed by atoms with van der Waals surface area (Å²) >= 11 is 0. The van der Waals surface area contributed by atoms with Crippen molar-refractivity contribution >= 4 is 17.7 Å². The van der Waals surface area contributed by atoms with Crippen LogP contribution in [0, 0.1) is 11.7 Å². The molecule has 106 valence electrons. The van der Waals surface area contributed by atoms with E-state index in [0.717, 1.165) is 0 Å². The predicted molar refractivity (Wildman–Crippen MR) is 67.4 cm³/mol. The van der Waals surface area contributed by atoms with Gasteiger partial charge in [0.05, 0.1) is 12.7 Å². The van der Waals surface area contributed by atoms with Crippen molar-refractivity contribution in [3.05, 3.63) is 35.6 Å². The summed E-state index contributed by atoms with van der Waals surface area (Å²) in [5.41, 5.74) is -0.0644. The van der Waals surface area contributed by atoms with Crippen LogP contribution in [0.4, 0.5) is 4.39 Å². The fourth-order valence-electron chi connectivity index (χ4n) is 2.17. The molecule has 5 nitrogen and oxygen atoms in total. The average Bonchev–Trinajstić information content (AvgIpc) is 2.47. The van der Waals surface area contributed by atoms with Gasteiger partial charge in [0.15, 0.2) is 5.78 Å². The van der Waals surface area contributed by atoms with Crippen LogP contribution in [-0.4, -0.2) is 42.8 Å². The minimum absolute atomic E-state index is 0.0644. The van der Waals surface area contributed by atoms with Crippen LogP contribution in [0.15, 0.2) is 24.3 Å². The fraction of sp³-hybridized carbons (Fsp3) is 0.357. The molecule has 20 heavy (non-hydrogen) atoms. The second-order valence-electron chi connectivity index (χ2n) is 4.52. The number of piperidine rings is 1. The number of halogens is 1. The monoisotopic (exact) mass is 279 g/mol. The van der Waals surface area contributed by atoms with Crippen LogP contribution in [0.25, 0.3) is 0 Å². The van der Waals surface area contributed by atoms with Crippen molar-refractivity contribution < 1.29 is 23.5 Å². The highest BCUT2D eigenvalue weighted by atomic mass is 19.1. The van der Waals surface area contributed by atoms with Gasteiger partial charge in [0, 0.05) is 19.5 Å². The number of rotatable bonds is 2. The number of Topliss-reactive ketones (excluding diaryl/α,β-unsaturated/α-hetero) is 1. The topological polar surface area (TPSA) is 63.7 Å². The number of hydrogen-bond acceptors (Lipinski definition) is 4. The molecule has 1 aromatic carbocycles. The lowest BCUT2D eigenvalue weighted by atomic mass is 9.96. The number of likely N-dealkylation sites (tertiary alicyclic amines) is 1. The molecule has 2 rings (SSSR count). The molecule has 1 amide bonds. The maximum absolute atomic E-state index is 13.6. The SMILES string of the molecule is COC(=O)C1CN(C(=O)c2ccccc2F)CCC1=O. The third-order valence-electron chi connectivity index (χ3n) is 3.30. The molecule has 1 aliphatic heterocycles. The van der Waals surface area contributed by atoms with Gasteiger partial charge in [-0.3, -0.25) is 14.4 Å². The Balaban J connectivity index is 2.18. The molecule has 0 spiro atoms. The van der Waals surface area contributed by atoms with Gasteiger partial charge in [0.25, 0.3) is 5.91 Å². The van der Waals surface area contributed by atoms with E-state index in [4.69, 9.17) is 0 Å². The van der Waals surface area contributed by atoms with Crippen LogP contribution in [0.1, 0.15) is 16.8 Å². The molecular weight excluding hydrogens is 265 g/mol. The summed E-state index contributed by atoms with van der Waals surface area (Å²) in [6.07, 6.45) is 0.0694. The Morgan fingerprint density at radius 2 is 2.05 bits per heavy atom. The van der Waals surface area contributed by atoms with E-state index >= 15 is 0 Å². The lowest BCUT2D eigenvalue weighted by Crippen LogP contribution is -2.47. The van der Waals surface area contributed by atoms with Gasteiger partial charge in [-0.25, -0.2) is 4.39 Å². The Labute approximate surface area is 115 Å². The number of carbonyl (C=O) groups excluding carboxylic acids is 3. The lowest BCUT2D eigenvalue weighted by molar-refractivity contribution is -0.151. The molecule has 1 unspecified atom stereocenters. The van der Waals surface area contributed by atoms with E-state index in [0.29, 0.717) is 0 Å². The smallest absolute Gasteiger partial charge is 0.318 e. The summed E-state index contributed by atoms with van der Waals surface area (Å²) in [6, 6.07) is 5.62. The Bertz CT molecular complexity index is 550. The van der Waals surface area contributed by atoms with Crippen LogP contribution >= 0.6 is 0 Å². The van der Waals surface area contributed by atoms with Gasteiger partial charge in [0.1, 0.15) is 11.7 Å². The maximum Gasteiger partial charge on any atom is 0.318 e. The van der Waals surface area contributed by atoms with Crippen molar-refractivity contribution in [3.63, 3.8) is 0 Å². The number of ether oxygens (including phenoxy) is 1. The van der Waals surface area contributed by atoms with E-state index in [1.807, 2.05) is 0 Å². The molecule has 0 aliphatic carbocycles. The Kier molecular flexibility index (Phi) is 4.12. The Morgan fingerprint density at radius 3 is 2.70 bits per heavy atom. The Hall–Kier alpha value is -2.24. The highest BCUT2D eigenvalue weighted by Gasteiger charge is 2.36. The lowest BCUT2D eigenvalue weighted by Gasteiger charge is -2.30. The zero-order valence-corrected chi connectivity index (χ0v) is 11.0. The molecule has 0 N–H and O–H groups in total. The van der Waals surface area contributed by atoms with Gasteiger partial charge < -0.3 is 9.64 Å². The second kappa shape index (κ2) is 5.81. The third kappa shape index (κ3) is 2.68. The van der Waals surface area contributed by atoms with Crippen molar-refractivity contribution in [1.29, 1.82) is 0 Å². The van der Waals surface area contributed by atoms with Crippen LogP contribution < -0.4 is 0 Å². The first kappa shape index (κ1) is 14.2. The zero-order valence-electron chi connectivity index (χ0n) is 11.0. The highest BCUT2D eigenvalue weighted by molar-refractivity contribution is 6.02. The first-order valence-corrected chi connectivity index (χ1v) is 6.19. The van der Waals surface area contributed by atoms with Gasteiger partial charge in [-0.05, 0) is 12.1 Å². The summed E-state index contributed by atoms with van der Waals surface area (Å²) in [4.78, 5) is 36.7. The number of benzene rings is 1. The summed E-state index contributed by atoms with van der Waals surface area (Å²) in [6.45, 7) is 0.109. The molecule has 0 radical (unpaired) electrons. The predicted octanol–water partition coefficient (Wildman–Crippen LogP) is 1.03. The number of hydrogen-bond donors (Lipinski definition) is 0. The standard InChI is InChI=1S/C14H14FNO4/c1-20-14(19)10-8-16(7-6-12(10)17)13(18)9-4-2-3-5-11(9)15/h2-5,10H,6-8H2,1H3. The van der Waals surface area contributed by atoms with E-state index in [9.17, 15) is 18.8 Å². The van der Waals surface area contributed by atoms with Gasteiger partial charge in [-0.15, -0.1) is 0 Å². The minimum Gasteiger partial charge on any atom is -0.468 e. The summed E-state index contributed by atoms with van der Waals surface area (Å²) in [7, 11) is 1.19. The largest absolute Gasteiger partial charge is 0.468 e. The number of methoxy groups -OCH3 is 1. The van der Waals surface area contributed by atoms with Gasteiger partial charge in [0.2, 0.25) is 0 Å². The van der Waals surface area contributed by atoms with Crippen molar-refractivity contribution in [2.24, 2.45) is 5.92 Å². The van der Waals surface area contributed by atoms with Crippen LogP contribution in [0.3, 0.4) is 0 Å². The van der Waals surface area contributed by atoms with E-state index < -0.39 is 23.6 Å². The van der Waals surface area contributed by atoms with Gasteiger partial charge in [-0.2, -0.15) is 0 Å². The van der Waals surface area contributed by atoms with Crippen LogP contribution in [0.2, 0.25) is 0 Å². The molecule has 1 fully saturated rings. The summed E-state index contributed by atoms with van der Waals surface area (Å²) in [5, 5.41) is 0. The molecular formula is C14H14FNO4. The molecule has 1 aromatic rings. The number of amides is 1. The second-order valence-corrected chi connectivity index (χ2v) is 4.52. The Morgan fingerprint density at radius 1 is 1.35 bits per heavy atom. The van der Waals surface area contributed by atoms with Crippen LogP contribution in [0.5, 0.6) is 0 Å². The van der Waals surface area contributed by atoms with Crippen LogP contribution in [-0.2, 0) is 14.3 Å². The third-order valence-corrected chi connectivity index (χ3v) is 3.30. The molecule has 1 heterocycles. The van der Waals surface area contributed by atoms with E-state index in [1.54, 1.807) is 6.07 Å². The first-order valence-electron chi connectivity index (χ1n) is 6.19. The van der Waals surface area contributed by atoms with Crippen molar-refractivity contribution in [2.45, 2.75) is 6.42 Å². The average molecular weight is 279 g/mol.